The van der Waals surface area contributed by atoms with Gasteiger partial charge in [-0.3, -0.25) is 9.69 Å². The first-order valence-electron chi connectivity index (χ1n) is 8.42. The lowest BCUT2D eigenvalue weighted by atomic mass is 9.96. The fourth-order valence-corrected chi connectivity index (χ4v) is 3.30. The van der Waals surface area contributed by atoms with Crippen LogP contribution in [0.5, 0.6) is 0 Å². The Bertz CT molecular complexity index is 793. The molecule has 1 aliphatic heterocycles. The molecule has 0 saturated carbocycles. The summed E-state index contributed by atoms with van der Waals surface area (Å²) in [6.45, 7) is 2.31. The van der Waals surface area contributed by atoms with E-state index in [-0.39, 0.29) is 11.8 Å². The summed E-state index contributed by atoms with van der Waals surface area (Å²) >= 11 is 0. The smallest absolute Gasteiger partial charge is 0.230 e. The zero-order valence-corrected chi connectivity index (χ0v) is 14.8. The van der Waals surface area contributed by atoms with Crippen molar-refractivity contribution in [3.05, 3.63) is 53.1 Å². The molecule has 1 unspecified atom stereocenters. The van der Waals surface area contributed by atoms with Gasteiger partial charge in [0, 0.05) is 40.3 Å². The molecule has 0 spiro atoms. The molecule has 2 heterocycles. The molecule has 3 rings (SSSR count). The van der Waals surface area contributed by atoms with Gasteiger partial charge in [0.2, 0.25) is 5.91 Å². The zero-order chi connectivity index (χ0) is 18.7. The Balaban J connectivity index is 1.77. The van der Waals surface area contributed by atoms with Gasteiger partial charge in [-0.1, -0.05) is 6.07 Å². The number of aromatic nitrogens is 2. The van der Waals surface area contributed by atoms with Crippen molar-refractivity contribution in [3.63, 3.8) is 0 Å². The second-order valence-corrected chi connectivity index (χ2v) is 6.44. The van der Waals surface area contributed by atoms with Crippen LogP contribution in [0, 0.1) is 11.6 Å². The highest BCUT2D eigenvalue weighted by Crippen LogP contribution is 2.28. The molecule has 1 aromatic carbocycles. The van der Waals surface area contributed by atoms with E-state index in [2.05, 4.69) is 10.3 Å². The molecule has 0 bridgehead atoms. The Morgan fingerprint density at radius 3 is 2.92 bits per heavy atom. The van der Waals surface area contributed by atoms with E-state index in [1.165, 1.54) is 6.07 Å². The van der Waals surface area contributed by atoms with Gasteiger partial charge in [0.05, 0.1) is 30.2 Å². The highest BCUT2D eigenvalue weighted by atomic mass is 19.2. The topological polar surface area (TPSA) is 59.4 Å². The molecule has 1 atom stereocenters. The van der Waals surface area contributed by atoms with Gasteiger partial charge in [-0.05, 0) is 17.7 Å². The minimum absolute atomic E-state index is 0.0955. The number of nitrogens with zero attached hydrogens (tertiary/aromatic N) is 3. The van der Waals surface area contributed by atoms with Crippen molar-refractivity contribution in [1.29, 1.82) is 0 Å². The van der Waals surface area contributed by atoms with Gasteiger partial charge >= 0.3 is 0 Å². The normalized spacial score (nSPS) is 17.2. The number of rotatable bonds is 6. The maximum atomic E-state index is 13.5. The van der Waals surface area contributed by atoms with Crippen molar-refractivity contribution >= 4 is 5.91 Å². The SMILES string of the molecule is COCCNC(=O)C1CN(Cc2ccc(F)c(F)c2)Cc2ncn(C)c21. The van der Waals surface area contributed by atoms with Gasteiger partial charge in [-0.25, -0.2) is 13.8 Å². The van der Waals surface area contributed by atoms with Gasteiger partial charge in [-0.15, -0.1) is 0 Å². The molecule has 0 radical (unpaired) electrons. The van der Waals surface area contributed by atoms with E-state index in [4.69, 9.17) is 4.74 Å². The van der Waals surface area contributed by atoms with Crippen LogP contribution < -0.4 is 5.32 Å². The molecular formula is C18H22F2N4O2. The van der Waals surface area contributed by atoms with E-state index in [0.717, 1.165) is 17.5 Å². The van der Waals surface area contributed by atoms with Gasteiger partial charge in [-0.2, -0.15) is 0 Å². The Morgan fingerprint density at radius 1 is 1.38 bits per heavy atom. The number of aryl methyl sites for hydroxylation is 1. The van der Waals surface area contributed by atoms with Crippen LogP contribution in [0.4, 0.5) is 8.78 Å². The average molecular weight is 364 g/mol. The van der Waals surface area contributed by atoms with Crippen LogP contribution in [0.25, 0.3) is 0 Å². The maximum absolute atomic E-state index is 13.5. The van der Waals surface area contributed by atoms with Crippen molar-refractivity contribution in [2.24, 2.45) is 7.05 Å². The fourth-order valence-electron chi connectivity index (χ4n) is 3.30. The number of halogens is 2. The predicted octanol–water partition coefficient (Wildman–Crippen LogP) is 1.56. The molecule has 26 heavy (non-hydrogen) atoms. The molecular weight excluding hydrogens is 342 g/mol. The molecule has 1 amide bonds. The summed E-state index contributed by atoms with van der Waals surface area (Å²) in [6, 6.07) is 3.87. The molecule has 1 N–H and O–H groups in total. The number of methoxy groups -OCH3 is 1. The van der Waals surface area contributed by atoms with Crippen molar-refractivity contribution in [2.75, 3.05) is 26.8 Å². The molecule has 1 aromatic heterocycles. The van der Waals surface area contributed by atoms with E-state index in [1.54, 1.807) is 19.5 Å². The van der Waals surface area contributed by atoms with Crippen LogP contribution in [0.1, 0.15) is 22.9 Å². The number of nitrogens with one attached hydrogen (secondary N) is 1. The quantitative estimate of drug-likeness (QED) is 0.791. The van der Waals surface area contributed by atoms with Crippen LogP contribution in [-0.2, 0) is 29.7 Å². The van der Waals surface area contributed by atoms with Crippen LogP contribution in [0.3, 0.4) is 0 Å². The highest BCUT2D eigenvalue weighted by molar-refractivity contribution is 5.84. The standard InChI is InChI=1S/C18H22F2N4O2/c1-23-11-22-16-10-24(8-12-3-4-14(19)15(20)7-12)9-13(17(16)23)18(25)21-5-6-26-2/h3-4,7,11,13H,5-6,8-10H2,1-2H3,(H,21,25). The number of hydrogen-bond acceptors (Lipinski definition) is 4. The summed E-state index contributed by atoms with van der Waals surface area (Å²) in [5.74, 6) is -2.21. The average Bonchev–Trinajstić information content (AvgIpc) is 2.99. The number of hydrogen-bond donors (Lipinski definition) is 1. The molecule has 2 aromatic rings. The van der Waals surface area contributed by atoms with Crippen molar-refractivity contribution in [2.45, 2.75) is 19.0 Å². The van der Waals surface area contributed by atoms with E-state index >= 15 is 0 Å². The molecule has 6 nitrogen and oxygen atoms in total. The number of carbonyl (C=O) groups excluding carboxylic acids is 1. The first-order valence-corrected chi connectivity index (χ1v) is 8.42. The molecule has 1 aliphatic rings. The third kappa shape index (κ3) is 3.91. The highest BCUT2D eigenvalue weighted by Gasteiger charge is 2.33. The number of amides is 1. The Labute approximate surface area is 150 Å². The largest absolute Gasteiger partial charge is 0.383 e. The van der Waals surface area contributed by atoms with Crippen LogP contribution in [-0.4, -0.2) is 47.2 Å². The van der Waals surface area contributed by atoms with E-state index in [0.29, 0.717) is 38.3 Å². The lowest BCUT2D eigenvalue weighted by Crippen LogP contribution is -2.42. The van der Waals surface area contributed by atoms with E-state index < -0.39 is 11.6 Å². The Kier molecular flexibility index (Phi) is 5.63. The van der Waals surface area contributed by atoms with Crippen LogP contribution >= 0.6 is 0 Å². The predicted molar refractivity (Wildman–Crippen MR) is 91.3 cm³/mol. The fraction of sp³-hybridized carbons (Fsp3) is 0.444. The Hall–Kier alpha value is -2.32. The summed E-state index contributed by atoms with van der Waals surface area (Å²) in [4.78, 5) is 19.0. The third-order valence-electron chi connectivity index (χ3n) is 4.52. The second-order valence-electron chi connectivity index (χ2n) is 6.44. The summed E-state index contributed by atoms with van der Waals surface area (Å²) in [5, 5.41) is 2.87. The second kappa shape index (κ2) is 7.92. The summed E-state index contributed by atoms with van der Waals surface area (Å²) in [5.41, 5.74) is 2.37. The van der Waals surface area contributed by atoms with Crippen molar-refractivity contribution < 1.29 is 18.3 Å². The number of ether oxygens (including phenoxy) is 1. The first-order chi connectivity index (χ1) is 12.5. The van der Waals surface area contributed by atoms with Gasteiger partial charge in [0.1, 0.15) is 0 Å². The lowest BCUT2D eigenvalue weighted by Gasteiger charge is -2.32. The first kappa shape index (κ1) is 18.5. The molecule has 0 fully saturated rings. The van der Waals surface area contributed by atoms with Crippen molar-refractivity contribution in [3.8, 4) is 0 Å². The summed E-state index contributed by atoms with van der Waals surface area (Å²) in [7, 11) is 3.45. The third-order valence-corrected chi connectivity index (χ3v) is 4.52. The number of imidazole rings is 1. The molecule has 8 heteroatoms. The minimum Gasteiger partial charge on any atom is -0.383 e. The number of carbonyl (C=O) groups is 1. The minimum atomic E-state index is -0.869. The molecule has 0 saturated heterocycles. The number of fused-ring (bicyclic) bond motifs is 1. The monoisotopic (exact) mass is 364 g/mol. The molecule has 140 valence electrons. The van der Waals surface area contributed by atoms with Crippen LogP contribution in [0.15, 0.2) is 24.5 Å². The number of benzene rings is 1. The summed E-state index contributed by atoms with van der Waals surface area (Å²) < 4.78 is 33.4. The van der Waals surface area contributed by atoms with Crippen LogP contribution in [0.2, 0.25) is 0 Å². The van der Waals surface area contributed by atoms with Gasteiger partial charge in [0.15, 0.2) is 11.6 Å². The molecule has 0 aliphatic carbocycles. The Morgan fingerprint density at radius 2 is 2.19 bits per heavy atom. The maximum Gasteiger partial charge on any atom is 0.230 e. The van der Waals surface area contributed by atoms with E-state index in [9.17, 15) is 13.6 Å². The zero-order valence-electron chi connectivity index (χ0n) is 14.8. The van der Waals surface area contributed by atoms with Gasteiger partial charge in [0.25, 0.3) is 0 Å². The van der Waals surface area contributed by atoms with Gasteiger partial charge < -0.3 is 14.6 Å². The summed E-state index contributed by atoms with van der Waals surface area (Å²) in [6.07, 6.45) is 1.70. The van der Waals surface area contributed by atoms with E-state index in [1.807, 2.05) is 16.5 Å². The lowest BCUT2D eigenvalue weighted by molar-refractivity contribution is -0.123. The van der Waals surface area contributed by atoms with Crippen molar-refractivity contribution in [1.82, 2.24) is 19.8 Å².